The fraction of sp³-hybridized carbons (Fsp3) is 0.250. The molecule has 0 unspecified atom stereocenters. The van der Waals surface area contributed by atoms with Gasteiger partial charge in [0.15, 0.2) is 5.65 Å². The largest absolute Gasteiger partial charge is 0.465 e. The van der Waals surface area contributed by atoms with Crippen LogP contribution in [0.1, 0.15) is 37.7 Å². The minimum atomic E-state index is -0.665. The van der Waals surface area contributed by atoms with Crippen LogP contribution < -0.4 is 10.9 Å². The van der Waals surface area contributed by atoms with E-state index in [0.29, 0.717) is 22.6 Å². The molecule has 2 heterocycles. The molecule has 2 aromatic heterocycles. The van der Waals surface area contributed by atoms with Crippen LogP contribution >= 0.6 is 0 Å². The highest BCUT2D eigenvalue weighted by atomic mass is 16.5. The number of hydrogen-bond acceptors (Lipinski definition) is 7. The molecule has 1 amide bonds. The van der Waals surface area contributed by atoms with Crippen molar-refractivity contribution in [2.75, 3.05) is 19.5 Å². The molecule has 0 aliphatic carbocycles. The maximum Gasteiger partial charge on any atom is 0.339 e. The van der Waals surface area contributed by atoms with Gasteiger partial charge in [-0.3, -0.25) is 14.7 Å². The van der Waals surface area contributed by atoms with Crippen molar-refractivity contribution in [1.82, 2.24) is 14.6 Å². The van der Waals surface area contributed by atoms with E-state index in [-0.39, 0.29) is 28.8 Å². The van der Waals surface area contributed by atoms with Crippen LogP contribution in [-0.4, -0.2) is 46.7 Å². The number of benzene rings is 1. The number of nitrogens with zero attached hydrogens (tertiary/aromatic N) is 2. The minimum absolute atomic E-state index is 0.0656. The molecule has 156 valence electrons. The van der Waals surface area contributed by atoms with E-state index in [1.165, 1.54) is 43.0 Å². The highest BCUT2D eigenvalue weighted by Crippen LogP contribution is 2.21. The normalized spacial score (nSPS) is 10.7. The number of nitrogens with one attached hydrogen (secondary N) is 2. The summed E-state index contributed by atoms with van der Waals surface area (Å²) in [6.07, 6.45) is -0.0656. The standard InChI is InChI=1S/C20H20N4O6/c1-10-14(11(2)24-16(21-10)9-18(26)23-24)8-17(25)22-15-7-12(19(27)29-3)5-6-13(15)20(28)30-4/h5-7,9H,8H2,1-4H3,(H,22,25)(H,23,26). The lowest BCUT2D eigenvalue weighted by Gasteiger charge is -2.14. The van der Waals surface area contributed by atoms with E-state index in [0.717, 1.165) is 0 Å². The first-order chi connectivity index (χ1) is 14.2. The van der Waals surface area contributed by atoms with E-state index in [1.54, 1.807) is 13.8 Å². The summed E-state index contributed by atoms with van der Waals surface area (Å²) in [7, 11) is 2.45. The van der Waals surface area contributed by atoms with Gasteiger partial charge in [-0.15, -0.1) is 0 Å². The Balaban J connectivity index is 1.94. The molecule has 0 bridgehead atoms. The van der Waals surface area contributed by atoms with Gasteiger partial charge in [0.05, 0.1) is 37.5 Å². The third kappa shape index (κ3) is 3.93. The van der Waals surface area contributed by atoms with Crippen molar-refractivity contribution in [3.63, 3.8) is 0 Å². The van der Waals surface area contributed by atoms with Crippen LogP contribution in [0, 0.1) is 13.8 Å². The van der Waals surface area contributed by atoms with E-state index in [2.05, 4.69) is 20.1 Å². The van der Waals surface area contributed by atoms with Gasteiger partial charge in [0.1, 0.15) is 0 Å². The Bertz CT molecular complexity index is 1220. The molecule has 0 fully saturated rings. The number of anilines is 1. The van der Waals surface area contributed by atoms with Crippen molar-refractivity contribution in [1.29, 1.82) is 0 Å². The Labute approximate surface area is 170 Å². The van der Waals surface area contributed by atoms with Crippen molar-refractivity contribution in [2.45, 2.75) is 20.3 Å². The van der Waals surface area contributed by atoms with Crippen LogP contribution in [0.4, 0.5) is 5.69 Å². The number of carbonyl (C=O) groups is 3. The van der Waals surface area contributed by atoms with Crippen molar-refractivity contribution >= 4 is 29.2 Å². The first kappa shape index (κ1) is 20.8. The number of carbonyl (C=O) groups excluding carboxylic acids is 3. The van der Waals surface area contributed by atoms with E-state index < -0.39 is 17.8 Å². The fourth-order valence-electron chi connectivity index (χ4n) is 3.15. The lowest BCUT2D eigenvalue weighted by atomic mass is 10.1. The van der Waals surface area contributed by atoms with E-state index in [9.17, 15) is 19.2 Å². The molecule has 0 aliphatic heterocycles. The Morgan fingerprint density at radius 1 is 1.10 bits per heavy atom. The number of H-pyrrole nitrogens is 1. The number of hydrogen-bond donors (Lipinski definition) is 2. The van der Waals surface area contributed by atoms with Crippen molar-refractivity contribution in [3.8, 4) is 0 Å². The van der Waals surface area contributed by atoms with Crippen LogP contribution in [0.25, 0.3) is 5.65 Å². The predicted octanol–water partition coefficient (Wildman–Crippen LogP) is 1.39. The van der Waals surface area contributed by atoms with Crippen LogP contribution in [0.3, 0.4) is 0 Å². The van der Waals surface area contributed by atoms with Crippen molar-refractivity contribution in [2.24, 2.45) is 0 Å². The number of esters is 2. The topological polar surface area (TPSA) is 132 Å². The van der Waals surface area contributed by atoms with Gasteiger partial charge in [-0.1, -0.05) is 0 Å². The Kier molecular flexibility index (Phi) is 5.67. The van der Waals surface area contributed by atoms with E-state index in [1.807, 2.05) is 0 Å². The molecule has 0 saturated heterocycles. The molecule has 0 spiro atoms. The maximum atomic E-state index is 12.8. The summed E-state index contributed by atoms with van der Waals surface area (Å²) in [5.74, 6) is -1.72. The van der Waals surface area contributed by atoms with Gasteiger partial charge in [-0.05, 0) is 32.0 Å². The van der Waals surface area contributed by atoms with Crippen LogP contribution in [0.15, 0.2) is 29.1 Å². The average molecular weight is 412 g/mol. The van der Waals surface area contributed by atoms with Gasteiger partial charge in [-0.25, -0.2) is 19.1 Å². The maximum absolute atomic E-state index is 12.8. The summed E-state index contributed by atoms with van der Waals surface area (Å²) in [6, 6.07) is 5.50. The number of aromatic nitrogens is 3. The number of rotatable bonds is 5. The molecule has 3 rings (SSSR count). The van der Waals surface area contributed by atoms with Gasteiger partial charge in [-0.2, -0.15) is 0 Å². The molecule has 0 atom stereocenters. The molecule has 3 aromatic rings. The second-order valence-electron chi connectivity index (χ2n) is 6.54. The fourth-order valence-corrected chi connectivity index (χ4v) is 3.15. The summed E-state index contributed by atoms with van der Waals surface area (Å²) >= 11 is 0. The predicted molar refractivity (Wildman–Crippen MR) is 107 cm³/mol. The molecule has 0 aliphatic rings. The number of amides is 1. The number of methoxy groups -OCH3 is 2. The van der Waals surface area contributed by atoms with Crippen molar-refractivity contribution in [3.05, 3.63) is 62.7 Å². The zero-order valence-corrected chi connectivity index (χ0v) is 16.9. The smallest absolute Gasteiger partial charge is 0.339 e. The highest BCUT2D eigenvalue weighted by molar-refractivity contribution is 6.03. The highest BCUT2D eigenvalue weighted by Gasteiger charge is 2.19. The molecule has 0 saturated carbocycles. The average Bonchev–Trinajstić information content (AvgIpc) is 3.10. The Hall–Kier alpha value is -3.95. The van der Waals surface area contributed by atoms with Gasteiger partial charge >= 0.3 is 11.9 Å². The lowest BCUT2D eigenvalue weighted by Crippen LogP contribution is -2.20. The SMILES string of the molecule is COC(=O)c1ccc(C(=O)OC)c(NC(=O)Cc2c(C)nc3cc(=O)[nH]n3c2C)c1. The van der Waals surface area contributed by atoms with Crippen LogP contribution in [0.2, 0.25) is 0 Å². The quantitative estimate of drug-likeness (QED) is 0.605. The summed E-state index contributed by atoms with van der Waals surface area (Å²) < 4.78 is 10.9. The third-order valence-corrected chi connectivity index (χ3v) is 4.66. The summed E-state index contributed by atoms with van der Waals surface area (Å²) in [5.41, 5.74) is 2.41. The Morgan fingerprint density at radius 2 is 1.80 bits per heavy atom. The molecule has 10 heteroatoms. The Morgan fingerprint density at radius 3 is 2.47 bits per heavy atom. The summed E-state index contributed by atoms with van der Waals surface area (Å²) in [6.45, 7) is 3.50. The van der Waals surface area contributed by atoms with Gasteiger partial charge in [0.25, 0.3) is 5.56 Å². The zero-order valence-electron chi connectivity index (χ0n) is 16.9. The lowest BCUT2D eigenvalue weighted by molar-refractivity contribution is -0.115. The van der Waals surface area contributed by atoms with Crippen molar-refractivity contribution < 1.29 is 23.9 Å². The van der Waals surface area contributed by atoms with Gasteiger partial charge < -0.3 is 14.8 Å². The summed E-state index contributed by atoms with van der Waals surface area (Å²) in [5, 5.41) is 5.27. The zero-order chi connectivity index (χ0) is 22.0. The van der Waals surface area contributed by atoms with Gasteiger partial charge in [0.2, 0.25) is 5.91 Å². The second-order valence-corrected chi connectivity index (χ2v) is 6.54. The number of aromatic amines is 1. The van der Waals surface area contributed by atoms with Gasteiger partial charge in [0, 0.05) is 23.0 Å². The number of ether oxygens (including phenoxy) is 2. The molecular weight excluding hydrogens is 392 g/mol. The number of aryl methyl sites for hydroxylation is 2. The molecule has 2 N–H and O–H groups in total. The molecule has 10 nitrogen and oxygen atoms in total. The second kappa shape index (κ2) is 8.19. The molecule has 1 aromatic carbocycles. The molecular formula is C20H20N4O6. The van der Waals surface area contributed by atoms with E-state index in [4.69, 9.17) is 4.74 Å². The van der Waals surface area contributed by atoms with E-state index >= 15 is 0 Å². The number of fused-ring (bicyclic) bond motifs is 1. The molecule has 30 heavy (non-hydrogen) atoms. The third-order valence-electron chi connectivity index (χ3n) is 4.66. The first-order valence-corrected chi connectivity index (χ1v) is 8.93. The first-order valence-electron chi connectivity index (χ1n) is 8.93. The minimum Gasteiger partial charge on any atom is -0.465 e. The van der Waals surface area contributed by atoms with Crippen LogP contribution in [0.5, 0.6) is 0 Å². The monoisotopic (exact) mass is 412 g/mol. The molecule has 0 radical (unpaired) electrons. The summed E-state index contributed by atoms with van der Waals surface area (Å²) in [4.78, 5) is 52.5. The van der Waals surface area contributed by atoms with Crippen LogP contribution in [-0.2, 0) is 20.7 Å².